The van der Waals surface area contributed by atoms with Crippen LogP contribution in [-0.2, 0) is 16.1 Å². The normalized spacial score (nSPS) is 19.6. The Labute approximate surface area is 196 Å². The highest BCUT2D eigenvalue weighted by molar-refractivity contribution is 6.04. The second kappa shape index (κ2) is 9.20. The number of nitrogens with zero attached hydrogens (tertiary/aromatic N) is 3. The van der Waals surface area contributed by atoms with Gasteiger partial charge in [-0.15, -0.1) is 0 Å². The summed E-state index contributed by atoms with van der Waals surface area (Å²) in [7, 11) is 0. The summed E-state index contributed by atoms with van der Waals surface area (Å²) in [5.74, 6) is 0.515. The number of benzene rings is 2. The molecule has 0 bridgehead atoms. The number of piperazine rings is 1. The fraction of sp³-hybridized carbons (Fsp3) is 0.375. The molecule has 3 heterocycles. The van der Waals surface area contributed by atoms with Crippen molar-refractivity contribution >= 4 is 23.5 Å². The molecular weight excluding hydrogens is 443 g/mol. The van der Waals surface area contributed by atoms with Crippen LogP contribution >= 0.6 is 0 Å². The van der Waals surface area contributed by atoms with Crippen molar-refractivity contribution in [1.29, 1.82) is 0 Å². The fourth-order valence-electron chi connectivity index (χ4n) is 4.48. The van der Waals surface area contributed by atoms with Crippen LogP contribution in [0.1, 0.15) is 18.4 Å². The zero-order chi connectivity index (χ0) is 23.7. The third-order valence-corrected chi connectivity index (χ3v) is 6.36. The topological polar surface area (TPSA) is 91.4 Å². The molecule has 3 aliphatic heterocycles. The molecule has 34 heavy (non-hydrogen) atoms. The van der Waals surface area contributed by atoms with E-state index in [2.05, 4.69) is 5.32 Å². The number of amides is 4. The van der Waals surface area contributed by atoms with E-state index in [4.69, 9.17) is 9.47 Å². The van der Waals surface area contributed by atoms with Gasteiger partial charge in [0.05, 0.1) is 12.2 Å². The highest BCUT2D eigenvalue weighted by Crippen LogP contribution is 2.33. The molecule has 10 heteroatoms. The van der Waals surface area contributed by atoms with Crippen molar-refractivity contribution in [3.8, 4) is 11.5 Å². The van der Waals surface area contributed by atoms with Gasteiger partial charge in [0.2, 0.25) is 12.7 Å². The van der Waals surface area contributed by atoms with Crippen LogP contribution in [0.15, 0.2) is 42.5 Å². The van der Waals surface area contributed by atoms with Crippen LogP contribution in [-0.4, -0.2) is 66.7 Å². The van der Waals surface area contributed by atoms with E-state index < -0.39 is 12.1 Å². The number of carbonyl (C=O) groups excluding carboxylic acids is 3. The monoisotopic (exact) mass is 468 g/mol. The van der Waals surface area contributed by atoms with Gasteiger partial charge in [0.25, 0.3) is 5.91 Å². The molecule has 178 valence electrons. The summed E-state index contributed by atoms with van der Waals surface area (Å²) in [5.41, 5.74) is 1.29. The zero-order valence-electron chi connectivity index (χ0n) is 18.5. The average Bonchev–Trinajstić information content (AvgIpc) is 3.42. The predicted molar refractivity (Wildman–Crippen MR) is 120 cm³/mol. The molecule has 0 aliphatic carbocycles. The zero-order valence-corrected chi connectivity index (χ0v) is 18.5. The van der Waals surface area contributed by atoms with Crippen LogP contribution in [0.4, 0.5) is 14.9 Å². The lowest BCUT2D eigenvalue weighted by molar-refractivity contribution is -0.132. The van der Waals surface area contributed by atoms with Crippen molar-refractivity contribution in [3.63, 3.8) is 0 Å². The molecule has 0 aromatic heterocycles. The lowest BCUT2D eigenvalue weighted by Crippen LogP contribution is -2.49. The first-order valence-corrected chi connectivity index (χ1v) is 11.3. The average molecular weight is 468 g/mol. The lowest BCUT2D eigenvalue weighted by Gasteiger charge is -2.36. The molecule has 2 aromatic rings. The van der Waals surface area contributed by atoms with Crippen molar-refractivity contribution in [1.82, 2.24) is 15.1 Å². The van der Waals surface area contributed by atoms with Crippen LogP contribution in [0.5, 0.6) is 11.5 Å². The molecular formula is C24H25FN4O5. The summed E-state index contributed by atoms with van der Waals surface area (Å²) in [4.78, 5) is 42.7. The quantitative estimate of drug-likeness (QED) is 0.653. The van der Waals surface area contributed by atoms with Crippen molar-refractivity contribution in [2.45, 2.75) is 25.4 Å². The maximum Gasteiger partial charge on any atom is 0.325 e. The summed E-state index contributed by atoms with van der Waals surface area (Å²) in [6.07, 6.45) is 0.378. The molecule has 1 N–H and O–H groups in total. The number of para-hydroxylation sites is 1. The van der Waals surface area contributed by atoms with Crippen LogP contribution in [0, 0.1) is 5.82 Å². The minimum absolute atomic E-state index is 0.0792. The second-order valence-electron chi connectivity index (χ2n) is 8.47. The minimum atomic E-state index is -0.731. The number of imide groups is 1. The molecule has 2 saturated heterocycles. The standard InChI is InChI=1S/C24H25FN4O5/c25-17-3-1-2-4-19(17)27-9-11-28(12-10-27)22(30)8-6-18-23(31)29(24(32)26-18)14-16-5-7-20-21(13-16)34-15-33-20/h1-5,7,13,18H,6,8-12,14-15H2,(H,26,32). The van der Waals surface area contributed by atoms with E-state index in [9.17, 15) is 18.8 Å². The Morgan fingerprint density at radius 3 is 2.59 bits per heavy atom. The molecule has 2 aromatic carbocycles. The summed E-state index contributed by atoms with van der Waals surface area (Å²) >= 11 is 0. The fourth-order valence-corrected chi connectivity index (χ4v) is 4.48. The van der Waals surface area contributed by atoms with Crippen LogP contribution in [0.25, 0.3) is 0 Å². The molecule has 0 saturated carbocycles. The Kier molecular flexibility index (Phi) is 5.95. The van der Waals surface area contributed by atoms with E-state index in [-0.39, 0.29) is 43.8 Å². The molecule has 1 atom stereocenters. The third-order valence-electron chi connectivity index (χ3n) is 6.36. The number of nitrogens with one attached hydrogen (secondary N) is 1. The molecule has 9 nitrogen and oxygen atoms in total. The van der Waals surface area contributed by atoms with Crippen molar-refractivity contribution in [3.05, 3.63) is 53.8 Å². The number of anilines is 1. The van der Waals surface area contributed by atoms with Crippen LogP contribution in [0.3, 0.4) is 0 Å². The number of ether oxygens (including phenoxy) is 2. The molecule has 2 fully saturated rings. The van der Waals surface area contributed by atoms with Gasteiger partial charge in [0.1, 0.15) is 11.9 Å². The molecule has 5 rings (SSSR count). The Balaban J connectivity index is 1.11. The summed E-state index contributed by atoms with van der Waals surface area (Å²) in [5, 5.41) is 2.68. The molecule has 4 amide bonds. The molecule has 0 spiro atoms. The first-order chi connectivity index (χ1) is 16.5. The van der Waals surface area contributed by atoms with Crippen molar-refractivity contribution < 1.29 is 28.2 Å². The Bertz CT molecular complexity index is 1120. The second-order valence-corrected chi connectivity index (χ2v) is 8.47. The number of hydrogen-bond donors (Lipinski definition) is 1. The van der Waals surface area contributed by atoms with Gasteiger partial charge in [-0.2, -0.15) is 0 Å². The molecule has 3 aliphatic rings. The third kappa shape index (κ3) is 4.35. The number of hydrogen-bond acceptors (Lipinski definition) is 6. The van der Waals surface area contributed by atoms with Gasteiger partial charge in [-0.25, -0.2) is 9.18 Å². The highest BCUT2D eigenvalue weighted by atomic mass is 19.1. The van der Waals surface area contributed by atoms with Crippen molar-refractivity contribution in [2.75, 3.05) is 37.9 Å². The smallest absolute Gasteiger partial charge is 0.325 e. The van der Waals surface area contributed by atoms with Gasteiger partial charge in [0.15, 0.2) is 11.5 Å². The number of rotatable bonds is 6. The van der Waals surface area contributed by atoms with Crippen LogP contribution < -0.4 is 19.7 Å². The van der Waals surface area contributed by atoms with Gasteiger partial charge in [-0.3, -0.25) is 14.5 Å². The minimum Gasteiger partial charge on any atom is -0.454 e. The Hall–Kier alpha value is -3.82. The van der Waals surface area contributed by atoms with Gasteiger partial charge < -0.3 is 24.6 Å². The highest BCUT2D eigenvalue weighted by Gasteiger charge is 2.38. The van der Waals surface area contributed by atoms with Gasteiger partial charge in [-0.05, 0) is 36.2 Å². The van der Waals surface area contributed by atoms with Gasteiger partial charge in [-0.1, -0.05) is 18.2 Å². The SMILES string of the molecule is O=C(CCC1NC(=O)N(Cc2ccc3c(c2)OCO3)C1=O)N1CCN(c2ccccc2F)CC1. The first kappa shape index (κ1) is 22.0. The van der Waals surface area contributed by atoms with Gasteiger partial charge >= 0.3 is 6.03 Å². The molecule has 0 radical (unpaired) electrons. The van der Waals surface area contributed by atoms with E-state index in [0.717, 1.165) is 10.5 Å². The number of halogens is 1. The Morgan fingerprint density at radius 2 is 1.79 bits per heavy atom. The predicted octanol–water partition coefficient (Wildman–Crippen LogP) is 2.10. The van der Waals surface area contributed by atoms with Crippen LogP contribution in [0.2, 0.25) is 0 Å². The maximum atomic E-state index is 14.0. The summed E-state index contributed by atoms with van der Waals surface area (Å²) < 4.78 is 24.6. The van der Waals surface area contributed by atoms with E-state index in [1.165, 1.54) is 6.07 Å². The first-order valence-electron chi connectivity index (χ1n) is 11.3. The maximum absolute atomic E-state index is 14.0. The number of fused-ring (bicyclic) bond motifs is 1. The number of urea groups is 1. The van der Waals surface area contributed by atoms with Crippen molar-refractivity contribution in [2.24, 2.45) is 0 Å². The largest absolute Gasteiger partial charge is 0.454 e. The lowest BCUT2D eigenvalue weighted by atomic mass is 10.1. The van der Waals surface area contributed by atoms with E-state index in [1.807, 2.05) is 4.90 Å². The summed E-state index contributed by atoms with van der Waals surface area (Å²) in [6, 6.07) is 10.7. The van der Waals surface area contributed by atoms with E-state index in [0.29, 0.717) is 43.4 Å². The number of carbonyl (C=O) groups is 3. The van der Waals surface area contributed by atoms with Gasteiger partial charge in [0, 0.05) is 32.6 Å². The summed E-state index contributed by atoms with van der Waals surface area (Å²) in [6.45, 7) is 2.30. The van der Waals surface area contributed by atoms with E-state index >= 15 is 0 Å². The molecule has 1 unspecified atom stereocenters. The Morgan fingerprint density at radius 1 is 1.03 bits per heavy atom. The van der Waals surface area contributed by atoms with E-state index in [1.54, 1.807) is 41.3 Å².